The number of aliphatic carboxylic acids is 1. The van der Waals surface area contributed by atoms with E-state index in [4.69, 9.17) is 4.74 Å². The fourth-order valence-corrected chi connectivity index (χ4v) is 6.55. The fourth-order valence-electron chi connectivity index (χ4n) is 6.55. The quantitative estimate of drug-likeness (QED) is 0.0982. The van der Waals surface area contributed by atoms with Gasteiger partial charge in [0, 0.05) is 18.0 Å². The summed E-state index contributed by atoms with van der Waals surface area (Å²) in [6.07, 6.45) is -4.31. The lowest BCUT2D eigenvalue weighted by atomic mass is 9.73. The number of esters is 1. The molecule has 1 aliphatic heterocycles. The molecule has 16 heteroatoms. The summed E-state index contributed by atoms with van der Waals surface area (Å²) in [5, 5.41) is 48.6. The van der Waals surface area contributed by atoms with Crippen LogP contribution in [-0.2, 0) is 51.3 Å². The zero-order valence-corrected chi connectivity index (χ0v) is 32.3. The minimum absolute atomic E-state index is 0.0192. The molecule has 0 spiro atoms. The molecule has 1 aromatic rings. The summed E-state index contributed by atoms with van der Waals surface area (Å²) >= 11 is 0. The zero-order valence-electron chi connectivity index (χ0n) is 32.3. The van der Waals surface area contributed by atoms with Crippen LogP contribution < -0.4 is 16.0 Å². The Kier molecular flexibility index (Phi) is 14.9. The molecule has 0 radical (unpaired) electrons. The molecule has 54 heavy (non-hydrogen) atoms. The molecule has 1 heterocycles. The van der Waals surface area contributed by atoms with E-state index in [2.05, 4.69) is 16.0 Å². The first-order valence-corrected chi connectivity index (χ1v) is 18.3. The third-order valence-corrected chi connectivity index (χ3v) is 10.1. The normalized spacial score (nSPS) is 24.3. The van der Waals surface area contributed by atoms with E-state index in [-0.39, 0.29) is 38.2 Å². The highest BCUT2D eigenvalue weighted by atomic mass is 16.5. The van der Waals surface area contributed by atoms with Crippen LogP contribution in [0.2, 0.25) is 0 Å². The van der Waals surface area contributed by atoms with Crippen LogP contribution in [0.5, 0.6) is 0 Å². The fraction of sp³-hybridized carbons (Fsp3) is 0.658. The highest BCUT2D eigenvalue weighted by Gasteiger charge is 2.45. The number of carboxylic acids is 1. The Morgan fingerprint density at radius 2 is 1.56 bits per heavy atom. The molecule has 1 aliphatic carbocycles. The van der Waals surface area contributed by atoms with Gasteiger partial charge in [-0.05, 0) is 88.0 Å². The van der Waals surface area contributed by atoms with Gasteiger partial charge in [0.1, 0.15) is 31.3 Å². The van der Waals surface area contributed by atoms with E-state index in [0.717, 1.165) is 4.90 Å². The molecular formula is C38H56N4O12. The largest absolute Gasteiger partial charge is 0.481 e. The Morgan fingerprint density at radius 1 is 0.907 bits per heavy atom. The summed E-state index contributed by atoms with van der Waals surface area (Å²) in [6, 6.07) is 2.68. The van der Waals surface area contributed by atoms with Crippen LogP contribution >= 0.6 is 0 Å². The summed E-state index contributed by atoms with van der Waals surface area (Å²) in [4.78, 5) is 89.6. The van der Waals surface area contributed by atoms with Crippen molar-refractivity contribution in [2.45, 2.75) is 118 Å². The number of aryl methyl sites for hydroxylation is 1. The predicted molar refractivity (Wildman–Crippen MR) is 194 cm³/mol. The summed E-state index contributed by atoms with van der Waals surface area (Å²) in [5.74, 6) is -7.56. The number of imide groups is 1. The van der Waals surface area contributed by atoms with Crippen LogP contribution in [0.3, 0.4) is 0 Å². The van der Waals surface area contributed by atoms with Gasteiger partial charge in [-0.2, -0.15) is 0 Å². The second kappa shape index (κ2) is 18.3. The number of amides is 5. The minimum Gasteiger partial charge on any atom is -0.481 e. The maximum atomic E-state index is 13.3. The molecule has 1 saturated carbocycles. The van der Waals surface area contributed by atoms with Gasteiger partial charge in [0.15, 0.2) is 0 Å². The summed E-state index contributed by atoms with van der Waals surface area (Å²) in [6.45, 7) is 12.9. The number of rotatable bonds is 15. The summed E-state index contributed by atoms with van der Waals surface area (Å²) in [5.41, 5.74) is 0.728. The van der Waals surface area contributed by atoms with Gasteiger partial charge in [-0.1, -0.05) is 33.8 Å². The molecule has 2 aliphatic rings. The summed E-state index contributed by atoms with van der Waals surface area (Å²) in [7, 11) is 0. The van der Waals surface area contributed by atoms with Crippen LogP contribution in [-0.4, -0.2) is 104 Å². The molecule has 0 bridgehead atoms. The number of hydrogen-bond acceptors (Lipinski definition) is 11. The minimum atomic E-state index is -1.65. The van der Waals surface area contributed by atoms with E-state index < -0.39 is 108 Å². The SMILES string of the molecule is CC(C)[C@@H]1CC(=O)N(CC(=O)N[C@H](C(=O)N[C@@H](C)C(=O)Nc2ccc(COC(=O)C(C)(C)C)c(CC[C@@H]3C[C@H](C(=O)O)[C@@H](O)[C@H](O)[C@H]3O)c2)C(C)C)C1=O. The Bertz CT molecular complexity index is 1590. The average molecular weight is 761 g/mol. The first kappa shape index (κ1) is 44.0. The van der Waals surface area contributed by atoms with Gasteiger partial charge < -0.3 is 41.1 Å². The number of carboxylic acid groups (broad SMARTS) is 1. The topological polar surface area (TPSA) is 249 Å². The van der Waals surface area contributed by atoms with Crippen molar-refractivity contribution >= 4 is 47.2 Å². The third-order valence-electron chi connectivity index (χ3n) is 10.1. The van der Waals surface area contributed by atoms with Crippen molar-refractivity contribution in [2.75, 3.05) is 11.9 Å². The van der Waals surface area contributed by atoms with E-state index in [1.807, 2.05) is 13.8 Å². The molecule has 5 amide bonds. The number of aliphatic hydroxyl groups is 3. The highest BCUT2D eigenvalue weighted by Crippen LogP contribution is 2.34. The molecule has 1 saturated heterocycles. The molecule has 8 atom stereocenters. The lowest BCUT2D eigenvalue weighted by molar-refractivity contribution is -0.168. The smallest absolute Gasteiger partial charge is 0.311 e. The molecule has 0 aromatic heterocycles. The van der Waals surface area contributed by atoms with Gasteiger partial charge in [-0.3, -0.25) is 38.5 Å². The van der Waals surface area contributed by atoms with Crippen LogP contribution in [0.1, 0.15) is 85.8 Å². The van der Waals surface area contributed by atoms with Crippen molar-refractivity contribution < 1.29 is 58.7 Å². The van der Waals surface area contributed by atoms with E-state index >= 15 is 0 Å². The molecule has 2 fully saturated rings. The molecular weight excluding hydrogens is 704 g/mol. The maximum absolute atomic E-state index is 13.3. The second-order valence-corrected chi connectivity index (χ2v) is 16.1. The van der Waals surface area contributed by atoms with Crippen molar-refractivity contribution in [3.05, 3.63) is 29.3 Å². The Hall–Kier alpha value is -4.41. The number of ether oxygens (including phenoxy) is 1. The number of hydrogen-bond donors (Lipinski definition) is 7. The lowest BCUT2D eigenvalue weighted by Gasteiger charge is -2.39. The predicted octanol–water partition coefficient (Wildman–Crippen LogP) is 1.13. The number of likely N-dealkylation sites (tertiary alicyclic amines) is 1. The number of carbonyl (C=O) groups excluding carboxylic acids is 6. The first-order valence-electron chi connectivity index (χ1n) is 18.3. The lowest BCUT2D eigenvalue weighted by Crippen LogP contribution is -2.55. The number of benzene rings is 1. The van der Waals surface area contributed by atoms with Gasteiger partial charge in [0.2, 0.25) is 29.5 Å². The first-order chi connectivity index (χ1) is 25.0. The van der Waals surface area contributed by atoms with Crippen molar-refractivity contribution in [3.8, 4) is 0 Å². The average Bonchev–Trinajstić information content (AvgIpc) is 3.36. The van der Waals surface area contributed by atoms with Gasteiger partial charge in [0.05, 0.1) is 23.5 Å². The van der Waals surface area contributed by atoms with Crippen molar-refractivity contribution in [3.63, 3.8) is 0 Å². The number of nitrogens with zero attached hydrogens (tertiary/aromatic N) is 1. The van der Waals surface area contributed by atoms with Gasteiger partial charge in [-0.15, -0.1) is 0 Å². The van der Waals surface area contributed by atoms with Gasteiger partial charge in [0.25, 0.3) is 0 Å². The van der Waals surface area contributed by atoms with Crippen LogP contribution in [0, 0.1) is 35.0 Å². The second-order valence-electron chi connectivity index (χ2n) is 16.1. The van der Waals surface area contributed by atoms with Gasteiger partial charge >= 0.3 is 11.9 Å². The molecule has 16 nitrogen and oxygen atoms in total. The van der Waals surface area contributed by atoms with Crippen LogP contribution in [0.15, 0.2) is 18.2 Å². The van der Waals surface area contributed by atoms with Crippen molar-refractivity contribution in [2.24, 2.45) is 35.0 Å². The van der Waals surface area contributed by atoms with E-state index in [1.54, 1.807) is 52.8 Å². The number of anilines is 1. The Labute approximate surface area is 315 Å². The zero-order chi connectivity index (χ0) is 40.8. The van der Waals surface area contributed by atoms with E-state index in [0.29, 0.717) is 16.8 Å². The number of aliphatic hydroxyl groups excluding tert-OH is 3. The number of nitrogens with one attached hydrogen (secondary N) is 3. The van der Waals surface area contributed by atoms with Gasteiger partial charge in [-0.25, -0.2) is 0 Å². The molecule has 300 valence electrons. The van der Waals surface area contributed by atoms with Crippen molar-refractivity contribution in [1.29, 1.82) is 0 Å². The highest BCUT2D eigenvalue weighted by molar-refractivity contribution is 6.06. The monoisotopic (exact) mass is 760 g/mol. The molecule has 3 rings (SSSR count). The summed E-state index contributed by atoms with van der Waals surface area (Å²) < 4.78 is 5.52. The van der Waals surface area contributed by atoms with E-state index in [1.165, 1.54) is 6.92 Å². The maximum Gasteiger partial charge on any atom is 0.311 e. The standard InChI is InChI=1S/C38H56N4O12/c1-18(2)25-15-28(44)42(35(25)50)16-27(43)41-29(19(3)4)34(49)39-20(5)33(48)40-24-12-11-23(17-54-37(53)38(6,7)8)21(13-24)9-10-22-14-26(36(51)52)31(46)32(47)30(22)45/h11-13,18-20,22,25-26,29-32,45-47H,9-10,14-17H2,1-8H3,(H,39,49)(H,40,48)(H,41,43)(H,51,52)/t20-,22+,25-,26-,29-,30-,31+,32+/m0/s1. The van der Waals surface area contributed by atoms with Crippen LogP contribution in [0.4, 0.5) is 5.69 Å². The Morgan fingerprint density at radius 3 is 2.11 bits per heavy atom. The third kappa shape index (κ3) is 11.1. The Balaban J connectivity index is 1.71. The molecule has 1 aromatic carbocycles. The van der Waals surface area contributed by atoms with E-state index in [9.17, 15) is 54.0 Å². The van der Waals surface area contributed by atoms with Crippen LogP contribution in [0.25, 0.3) is 0 Å². The molecule has 0 unspecified atom stereocenters. The molecule has 7 N–H and O–H groups in total. The number of carbonyl (C=O) groups is 7. The van der Waals surface area contributed by atoms with Crippen molar-refractivity contribution in [1.82, 2.24) is 15.5 Å².